The zero-order valence-corrected chi connectivity index (χ0v) is 13.4. The largest absolute Gasteiger partial charge is 0.393 e. The number of hydrogen-bond donors (Lipinski definition) is 1. The van der Waals surface area contributed by atoms with Gasteiger partial charge in [0.25, 0.3) is 0 Å². The molecule has 3 rings (SSSR count). The van der Waals surface area contributed by atoms with Crippen LogP contribution in [0.4, 0.5) is 0 Å². The van der Waals surface area contributed by atoms with Gasteiger partial charge in [-0.15, -0.1) is 0 Å². The summed E-state index contributed by atoms with van der Waals surface area (Å²) >= 11 is 3.53. The van der Waals surface area contributed by atoms with Gasteiger partial charge in [-0.1, -0.05) is 58.4 Å². The summed E-state index contributed by atoms with van der Waals surface area (Å²) in [6.45, 7) is 0.740. The molecule has 0 saturated heterocycles. The fourth-order valence-corrected chi connectivity index (χ4v) is 3.37. The van der Waals surface area contributed by atoms with Crippen molar-refractivity contribution in [3.05, 3.63) is 69.7 Å². The van der Waals surface area contributed by atoms with Crippen LogP contribution in [0.1, 0.15) is 29.2 Å². The van der Waals surface area contributed by atoms with Gasteiger partial charge < -0.3 is 9.84 Å². The van der Waals surface area contributed by atoms with E-state index in [2.05, 4.69) is 34.1 Å². The minimum absolute atomic E-state index is 0.00689. The fourth-order valence-electron chi connectivity index (χ4n) is 2.92. The van der Waals surface area contributed by atoms with Crippen molar-refractivity contribution < 1.29 is 9.84 Å². The van der Waals surface area contributed by atoms with Gasteiger partial charge in [0.05, 0.1) is 18.8 Å². The summed E-state index contributed by atoms with van der Waals surface area (Å²) < 4.78 is 6.92. The zero-order chi connectivity index (χ0) is 14.7. The molecule has 2 unspecified atom stereocenters. The maximum Gasteiger partial charge on any atom is 0.0852 e. The average molecular weight is 347 g/mol. The highest BCUT2D eigenvalue weighted by Crippen LogP contribution is 2.31. The summed E-state index contributed by atoms with van der Waals surface area (Å²) in [6.07, 6.45) is 1.85. The third-order valence-electron chi connectivity index (χ3n) is 3.99. The highest BCUT2D eigenvalue weighted by atomic mass is 79.9. The van der Waals surface area contributed by atoms with Gasteiger partial charge in [0.1, 0.15) is 0 Å². The molecule has 0 radical (unpaired) electrons. The Balaban J connectivity index is 1.69. The number of aliphatic hydroxyl groups excluding tert-OH is 1. The Bertz CT molecular complexity index is 612. The second kappa shape index (κ2) is 6.73. The second-order valence-electron chi connectivity index (χ2n) is 5.49. The molecule has 0 aromatic heterocycles. The van der Waals surface area contributed by atoms with Crippen molar-refractivity contribution in [1.82, 2.24) is 0 Å². The van der Waals surface area contributed by atoms with Crippen molar-refractivity contribution in [2.45, 2.75) is 31.5 Å². The van der Waals surface area contributed by atoms with Crippen LogP contribution in [-0.2, 0) is 17.6 Å². The lowest BCUT2D eigenvalue weighted by Gasteiger charge is -2.27. The molecule has 0 spiro atoms. The molecule has 0 aliphatic carbocycles. The molecule has 110 valence electrons. The van der Waals surface area contributed by atoms with Crippen LogP contribution in [0.25, 0.3) is 0 Å². The Labute approximate surface area is 133 Å². The predicted molar refractivity (Wildman–Crippen MR) is 87.3 cm³/mol. The van der Waals surface area contributed by atoms with E-state index in [1.807, 2.05) is 30.3 Å². The molecule has 21 heavy (non-hydrogen) atoms. The summed E-state index contributed by atoms with van der Waals surface area (Å²) in [5, 5.41) is 10.4. The van der Waals surface area contributed by atoms with E-state index < -0.39 is 6.10 Å². The summed E-state index contributed by atoms with van der Waals surface area (Å²) in [5.41, 5.74) is 3.71. The maximum absolute atomic E-state index is 10.4. The Morgan fingerprint density at radius 1 is 1.14 bits per heavy atom. The quantitative estimate of drug-likeness (QED) is 0.904. The van der Waals surface area contributed by atoms with Crippen molar-refractivity contribution >= 4 is 15.9 Å². The molecule has 3 heteroatoms. The van der Waals surface area contributed by atoms with Crippen molar-refractivity contribution in [2.75, 3.05) is 6.61 Å². The van der Waals surface area contributed by atoms with Gasteiger partial charge in [-0.3, -0.25) is 0 Å². The molecule has 0 fully saturated rings. The van der Waals surface area contributed by atoms with Crippen molar-refractivity contribution in [3.8, 4) is 0 Å². The molecule has 0 bridgehead atoms. The molecular weight excluding hydrogens is 328 g/mol. The van der Waals surface area contributed by atoms with Crippen LogP contribution < -0.4 is 0 Å². The first-order chi connectivity index (χ1) is 10.2. The standard InChI is InChI=1S/C18H19BrO2/c19-17-8-4-2-6-14(17)11-15(20)12-18-16-7-3-1-5-13(16)9-10-21-18/h1-8,15,18,20H,9-12H2. The van der Waals surface area contributed by atoms with Crippen LogP contribution in [0.2, 0.25) is 0 Å². The lowest BCUT2D eigenvalue weighted by Crippen LogP contribution is -2.22. The second-order valence-corrected chi connectivity index (χ2v) is 6.35. The number of fused-ring (bicyclic) bond motifs is 1. The molecule has 0 saturated carbocycles. The molecule has 1 aliphatic heterocycles. The first-order valence-corrected chi connectivity index (χ1v) is 8.14. The number of aliphatic hydroxyl groups is 1. The lowest BCUT2D eigenvalue weighted by atomic mass is 9.93. The van der Waals surface area contributed by atoms with E-state index in [-0.39, 0.29) is 6.10 Å². The van der Waals surface area contributed by atoms with Gasteiger partial charge in [-0.25, -0.2) is 0 Å². The molecule has 1 aliphatic rings. The average Bonchev–Trinajstić information content (AvgIpc) is 2.50. The van der Waals surface area contributed by atoms with Crippen molar-refractivity contribution in [1.29, 1.82) is 0 Å². The van der Waals surface area contributed by atoms with Gasteiger partial charge in [-0.05, 0) is 35.6 Å². The van der Waals surface area contributed by atoms with Gasteiger partial charge in [0, 0.05) is 10.9 Å². The van der Waals surface area contributed by atoms with E-state index in [9.17, 15) is 5.11 Å². The van der Waals surface area contributed by atoms with Gasteiger partial charge >= 0.3 is 0 Å². The number of benzene rings is 2. The lowest BCUT2D eigenvalue weighted by molar-refractivity contribution is 0.00453. The molecule has 2 aromatic rings. The molecule has 2 aromatic carbocycles. The Kier molecular flexibility index (Phi) is 4.73. The van der Waals surface area contributed by atoms with Crippen LogP contribution in [0.5, 0.6) is 0 Å². The minimum atomic E-state index is -0.403. The van der Waals surface area contributed by atoms with Crippen LogP contribution in [0, 0.1) is 0 Å². The molecule has 1 N–H and O–H groups in total. The van der Waals surface area contributed by atoms with E-state index >= 15 is 0 Å². The summed E-state index contributed by atoms with van der Waals surface area (Å²) in [6, 6.07) is 16.4. The molecule has 2 nitrogen and oxygen atoms in total. The first kappa shape index (κ1) is 14.8. The normalized spacial score (nSPS) is 19.0. The summed E-state index contributed by atoms with van der Waals surface area (Å²) in [7, 11) is 0. The third kappa shape index (κ3) is 3.54. The van der Waals surface area contributed by atoms with E-state index in [0.29, 0.717) is 12.8 Å². The van der Waals surface area contributed by atoms with Gasteiger partial charge in [0.2, 0.25) is 0 Å². The Morgan fingerprint density at radius 3 is 2.76 bits per heavy atom. The topological polar surface area (TPSA) is 29.5 Å². The van der Waals surface area contributed by atoms with Crippen LogP contribution in [0.3, 0.4) is 0 Å². The Morgan fingerprint density at radius 2 is 1.90 bits per heavy atom. The van der Waals surface area contributed by atoms with E-state index in [0.717, 1.165) is 23.1 Å². The highest BCUT2D eigenvalue weighted by Gasteiger charge is 2.23. The third-order valence-corrected chi connectivity index (χ3v) is 4.77. The van der Waals surface area contributed by atoms with E-state index in [1.165, 1.54) is 11.1 Å². The van der Waals surface area contributed by atoms with E-state index in [1.54, 1.807) is 0 Å². The van der Waals surface area contributed by atoms with Gasteiger partial charge in [0.15, 0.2) is 0 Å². The predicted octanol–water partition coefficient (Wildman–Crippen LogP) is 4.06. The van der Waals surface area contributed by atoms with Crippen molar-refractivity contribution in [2.24, 2.45) is 0 Å². The molecule has 1 heterocycles. The SMILES string of the molecule is OC(Cc1ccccc1Br)CC1OCCc2ccccc21. The number of hydrogen-bond acceptors (Lipinski definition) is 2. The molecule has 0 amide bonds. The van der Waals surface area contributed by atoms with E-state index in [4.69, 9.17) is 4.74 Å². The Hall–Kier alpha value is -1.16. The highest BCUT2D eigenvalue weighted by molar-refractivity contribution is 9.10. The molecule has 2 atom stereocenters. The van der Waals surface area contributed by atoms with Crippen LogP contribution in [-0.4, -0.2) is 17.8 Å². The number of rotatable bonds is 4. The minimum Gasteiger partial charge on any atom is -0.393 e. The smallest absolute Gasteiger partial charge is 0.0852 e. The fraction of sp³-hybridized carbons (Fsp3) is 0.333. The first-order valence-electron chi connectivity index (χ1n) is 7.35. The molecular formula is C18H19BrO2. The van der Waals surface area contributed by atoms with Crippen LogP contribution in [0.15, 0.2) is 53.0 Å². The monoisotopic (exact) mass is 346 g/mol. The summed E-state index contributed by atoms with van der Waals surface area (Å²) in [4.78, 5) is 0. The van der Waals surface area contributed by atoms with Crippen LogP contribution >= 0.6 is 15.9 Å². The van der Waals surface area contributed by atoms with Crippen molar-refractivity contribution in [3.63, 3.8) is 0 Å². The number of ether oxygens (including phenoxy) is 1. The van der Waals surface area contributed by atoms with Gasteiger partial charge in [-0.2, -0.15) is 0 Å². The maximum atomic E-state index is 10.4. The summed E-state index contributed by atoms with van der Waals surface area (Å²) in [5.74, 6) is 0. The zero-order valence-electron chi connectivity index (χ0n) is 11.8. The number of halogens is 1.